The molecule has 4 rings (SSSR count). The molecule has 2 aliphatic heterocycles. The van der Waals surface area contributed by atoms with Crippen LogP contribution in [-0.2, 0) is 60.6 Å². The predicted octanol–water partition coefficient (Wildman–Crippen LogP) is 4.57. The highest BCUT2D eigenvalue weighted by Gasteiger charge is 2.51. The third kappa shape index (κ3) is 10.7. The summed E-state index contributed by atoms with van der Waals surface area (Å²) in [6, 6.07) is 19.7. The molecule has 2 aliphatic rings. The second-order valence-corrected chi connectivity index (χ2v) is 10.9. The van der Waals surface area contributed by atoms with Crippen LogP contribution in [0.3, 0.4) is 0 Å². The quantitative estimate of drug-likeness (QED) is 0.151. The molecule has 0 N–H and O–H groups in total. The minimum absolute atomic E-state index is 0.0795. The molecule has 2 aromatic carbocycles. The topological polar surface area (TPSA) is 100 Å². The maximum Gasteiger partial charge on any atom is 0.302 e. The Bertz CT molecular complexity index is 1190. The average Bonchev–Trinajstić information content (AvgIpc) is 3.45. The predicted molar refractivity (Wildman–Crippen MR) is 171 cm³/mol. The van der Waals surface area contributed by atoms with E-state index in [-0.39, 0.29) is 33.0 Å². The molecule has 0 radical (unpaired) electrons. The molecule has 0 aliphatic carbocycles. The lowest BCUT2D eigenvalue weighted by atomic mass is 9.97. The van der Waals surface area contributed by atoms with Crippen molar-refractivity contribution < 1.29 is 47.4 Å². The number of carbonyl (C=O) groups excluding carboxylic acids is 1. The smallest absolute Gasteiger partial charge is 0.302 e. The average molecular weight is 639 g/mol. The molecule has 10 heteroatoms. The lowest BCUT2D eigenvalue weighted by molar-refractivity contribution is -0.334. The standard InChI is InChI=1S/C36H46O10/c1-5-18-39-32-29(23-38-21-27-14-10-8-11-15-27)43-25-30(32)45-36-35(44-22-28-16-12-9-13-17-28)34(41-20-7-3)33(40-19-6-2)31(46-36)24-42-26(4)37/h5-17,29-36H,1-3,18-25H2,4H3/t29-,30+,31-,32-,33-,34+,35-,36+/m1/s1. The molecule has 2 aromatic rings. The van der Waals surface area contributed by atoms with Crippen molar-refractivity contribution in [2.75, 3.05) is 39.6 Å². The van der Waals surface area contributed by atoms with E-state index in [2.05, 4.69) is 19.7 Å². The van der Waals surface area contributed by atoms with Gasteiger partial charge in [-0.05, 0) is 11.1 Å². The van der Waals surface area contributed by atoms with Crippen LogP contribution in [0.2, 0.25) is 0 Å². The van der Waals surface area contributed by atoms with Gasteiger partial charge >= 0.3 is 5.97 Å². The molecule has 2 heterocycles. The fourth-order valence-corrected chi connectivity index (χ4v) is 5.35. The minimum Gasteiger partial charge on any atom is -0.463 e. The molecule has 8 atom stereocenters. The van der Waals surface area contributed by atoms with E-state index in [0.29, 0.717) is 19.8 Å². The van der Waals surface area contributed by atoms with Gasteiger partial charge in [0.15, 0.2) is 6.29 Å². The van der Waals surface area contributed by atoms with Gasteiger partial charge in [-0.15, -0.1) is 19.7 Å². The zero-order valence-electron chi connectivity index (χ0n) is 26.5. The molecular weight excluding hydrogens is 592 g/mol. The second kappa shape index (κ2) is 19.5. The SMILES string of the molecule is C=CCO[C@@H]1[C@@H](OCc2ccccc2)[C@@H](O[C@H]2CO[C@H](COCc3ccccc3)[C@H]2OCC=C)O[C@H](COC(C)=O)[C@H]1OCC=C. The van der Waals surface area contributed by atoms with Crippen molar-refractivity contribution in [3.63, 3.8) is 0 Å². The Hall–Kier alpha value is -3.19. The molecule has 0 bridgehead atoms. The van der Waals surface area contributed by atoms with Crippen molar-refractivity contribution in [3.8, 4) is 0 Å². The third-order valence-electron chi connectivity index (χ3n) is 7.46. The van der Waals surface area contributed by atoms with Crippen molar-refractivity contribution in [1.82, 2.24) is 0 Å². The fraction of sp³-hybridized carbons (Fsp3) is 0.472. The zero-order chi connectivity index (χ0) is 32.6. The molecule has 0 spiro atoms. The Morgan fingerprint density at radius 3 is 1.93 bits per heavy atom. The normalized spacial score (nSPS) is 27.6. The van der Waals surface area contributed by atoms with Gasteiger partial charge in [0, 0.05) is 6.92 Å². The van der Waals surface area contributed by atoms with Crippen molar-refractivity contribution in [1.29, 1.82) is 0 Å². The summed E-state index contributed by atoms with van der Waals surface area (Å²) in [4.78, 5) is 11.8. The van der Waals surface area contributed by atoms with Crippen LogP contribution in [-0.4, -0.2) is 94.6 Å². The number of benzene rings is 2. The first-order chi connectivity index (χ1) is 22.5. The summed E-state index contributed by atoms with van der Waals surface area (Å²) in [6.07, 6.45) is -0.273. The highest BCUT2D eigenvalue weighted by molar-refractivity contribution is 5.65. The molecular formula is C36H46O10. The highest BCUT2D eigenvalue weighted by atomic mass is 16.7. The minimum atomic E-state index is -0.963. The Balaban J connectivity index is 1.56. The van der Waals surface area contributed by atoms with Crippen LogP contribution in [0.25, 0.3) is 0 Å². The van der Waals surface area contributed by atoms with Crippen LogP contribution in [0.1, 0.15) is 18.1 Å². The van der Waals surface area contributed by atoms with E-state index in [1.54, 1.807) is 18.2 Å². The zero-order valence-corrected chi connectivity index (χ0v) is 26.5. The number of esters is 1. The Labute approximate surface area is 271 Å². The summed E-state index contributed by atoms with van der Waals surface area (Å²) < 4.78 is 55.8. The van der Waals surface area contributed by atoms with Crippen LogP contribution < -0.4 is 0 Å². The maximum atomic E-state index is 11.8. The first-order valence-corrected chi connectivity index (χ1v) is 15.5. The van der Waals surface area contributed by atoms with Crippen LogP contribution in [0.15, 0.2) is 98.6 Å². The van der Waals surface area contributed by atoms with Gasteiger partial charge in [0.2, 0.25) is 0 Å². The monoisotopic (exact) mass is 638 g/mol. The molecule has 250 valence electrons. The van der Waals surface area contributed by atoms with Gasteiger partial charge in [0.1, 0.15) is 49.3 Å². The highest BCUT2D eigenvalue weighted by Crippen LogP contribution is 2.33. The lowest BCUT2D eigenvalue weighted by Crippen LogP contribution is -2.63. The van der Waals surface area contributed by atoms with Crippen LogP contribution in [0.5, 0.6) is 0 Å². The molecule has 0 amide bonds. The van der Waals surface area contributed by atoms with Gasteiger partial charge in [-0.2, -0.15) is 0 Å². The van der Waals surface area contributed by atoms with E-state index in [4.69, 9.17) is 42.6 Å². The summed E-state index contributed by atoms with van der Waals surface area (Å²) >= 11 is 0. The molecule has 0 unspecified atom stereocenters. The Kier molecular flexibility index (Phi) is 15.1. The number of rotatable bonds is 20. The maximum absolute atomic E-state index is 11.8. The van der Waals surface area contributed by atoms with Gasteiger partial charge < -0.3 is 42.6 Å². The van der Waals surface area contributed by atoms with Crippen LogP contribution >= 0.6 is 0 Å². The van der Waals surface area contributed by atoms with Crippen LogP contribution in [0.4, 0.5) is 0 Å². The van der Waals surface area contributed by atoms with E-state index in [1.165, 1.54) is 6.92 Å². The molecule has 0 saturated carbocycles. The Morgan fingerprint density at radius 1 is 0.739 bits per heavy atom. The van der Waals surface area contributed by atoms with Gasteiger partial charge in [0.05, 0.1) is 46.2 Å². The van der Waals surface area contributed by atoms with Crippen molar-refractivity contribution in [3.05, 3.63) is 110 Å². The van der Waals surface area contributed by atoms with E-state index in [0.717, 1.165) is 11.1 Å². The van der Waals surface area contributed by atoms with Crippen molar-refractivity contribution in [2.24, 2.45) is 0 Å². The largest absolute Gasteiger partial charge is 0.463 e. The van der Waals surface area contributed by atoms with Gasteiger partial charge in [-0.3, -0.25) is 4.79 Å². The van der Waals surface area contributed by atoms with Gasteiger partial charge in [-0.25, -0.2) is 0 Å². The number of carbonyl (C=O) groups is 1. The molecule has 10 nitrogen and oxygen atoms in total. The summed E-state index contributed by atoms with van der Waals surface area (Å²) in [5.41, 5.74) is 2.02. The summed E-state index contributed by atoms with van der Waals surface area (Å²) in [5.74, 6) is -0.449. The number of ether oxygens (including phenoxy) is 9. The second-order valence-electron chi connectivity index (χ2n) is 10.9. The van der Waals surface area contributed by atoms with E-state index in [1.807, 2.05) is 60.7 Å². The van der Waals surface area contributed by atoms with Crippen molar-refractivity contribution in [2.45, 2.75) is 69.2 Å². The summed E-state index contributed by atoms with van der Waals surface area (Å²) in [7, 11) is 0. The Morgan fingerprint density at radius 2 is 1.33 bits per heavy atom. The molecule has 2 saturated heterocycles. The molecule has 0 aromatic heterocycles. The van der Waals surface area contributed by atoms with E-state index >= 15 is 0 Å². The van der Waals surface area contributed by atoms with Crippen molar-refractivity contribution >= 4 is 5.97 Å². The molecule has 2 fully saturated rings. The fourth-order valence-electron chi connectivity index (χ4n) is 5.35. The summed E-state index contributed by atoms with van der Waals surface area (Å²) in [5, 5.41) is 0. The first-order valence-electron chi connectivity index (χ1n) is 15.5. The van der Waals surface area contributed by atoms with E-state index < -0.39 is 55.0 Å². The lowest BCUT2D eigenvalue weighted by Gasteiger charge is -2.46. The van der Waals surface area contributed by atoms with Gasteiger partial charge in [-0.1, -0.05) is 78.9 Å². The van der Waals surface area contributed by atoms with Crippen LogP contribution in [0, 0.1) is 0 Å². The summed E-state index contributed by atoms with van der Waals surface area (Å²) in [6.45, 7) is 14.6. The van der Waals surface area contributed by atoms with Gasteiger partial charge in [0.25, 0.3) is 0 Å². The number of hydrogen-bond donors (Lipinski definition) is 0. The molecule has 46 heavy (non-hydrogen) atoms. The number of hydrogen-bond acceptors (Lipinski definition) is 10. The first kappa shape index (κ1) is 35.7. The third-order valence-corrected chi connectivity index (χ3v) is 7.46. The van der Waals surface area contributed by atoms with E-state index in [9.17, 15) is 4.79 Å².